The molecule has 1 atom stereocenters. The van der Waals surface area contributed by atoms with E-state index in [1.165, 1.54) is 18.2 Å². The number of nitrogens with zero attached hydrogens (tertiary/aromatic N) is 1. The minimum absolute atomic E-state index is 0.0120. The number of benzene rings is 1. The first kappa shape index (κ1) is 13.6. The van der Waals surface area contributed by atoms with Crippen molar-refractivity contribution in [2.75, 3.05) is 5.33 Å². The van der Waals surface area contributed by atoms with Gasteiger partial charge in [-0.05, 0) is 26.0 Å². The van der Waals surface area contributed by atoms with Crippen LogP contribution in [0.15, 0.2) is 18.2 Å². The number of hydrogen-bond acceptors (Lipinski definition) is 3. The molecule has 0 radical (unpaired) electrons. The highest BCUT2D eigenvalue weighted by molar-refractivity contribution is 9.09. The molecule has 1 aromatic rings. The van der Waals surface area contributed by atoms with Crippen LogP contribution in [0.1, 0.15) is 22.8 Å². The lowest BCUT2D eigenvalue weighted by atomic mass is 10.1. The Morgan fingerprint density at radius 2 is 2.24 bits per heavy atom. The van der Waals surface area contributed by atoms with E-state index in [9.17, 15) is 14.9 Å². The predicted octanol–water partition coefficient (Wildman–Crippen LogP) is 2.42. The first-order valence-corrected chi connectivity index (χ1v) is 6.19. The van der Waals surface area contributed by atoms with Gasteiger partial charge in [0, 0.05) is 28.6 Å². The van der Waals surface area contributed by atoms with Crippen LogP contribution in [0.2, 0.25) is 0 Å². The molecule has 0 aliphatic rings. The maximum Gasteiger partial charge on any atom is 0.272 e. The number of nitrogens with one attached hydrogen (secondary N) is 1. The second-order valence-corrected chi connectivity index (χ2v) is 4.43. The van der Waals surface area contributed by atoms with Crippen molar-refractivity contribution in [3.63, 3.8) is 0 Å². The Balaban J connectivity index is 2.90. The van der Waals surface area contributed by atoms with E-state index in [0.29, 0.717) is 16.5 Å². The third kappa shape index (κ3) is 3.52. The molecule has 5 nitrogen and oxygen atoms in total. The summed E-state index contributed by atoms with van der Waals surface area (Å²) >= 11 is 3.26. The molecule has 0 bridgehead atoms. The van der Waals surface area contributed by atoms with Gasteiger partial charge < -0.3 is 5.32 Å². The number of rotatable bonds is 4. The molecule has 1 aromatic carbocycles. The average molecular weight is 301 g/mol. The Morgan fingerprint density at radius 3 is 2.71 bits per heavy atom. The highest BCUT2D eigenvalue weighted by Crippen LogP contribution is 2.18. The SMILES string of the molecule is Cc1cc(C(=O)NC(C)CBr)ccc1[N+](=O)[O-]. The molecular formula is C11H13BrN2O3. The van der Waals surface area contributed by atoms with Crippen LogP contribution in [0.3, 0.4) is 0 Å². The van der Waals surface area contributed by atoms with Crippen molar-refractivity contribution in [1.82, 2.24) is 5.32 Å². The van der Waals surface area contributed by atoms with E-state index in [2.05, 4.69) is 21.2 Å². The summed E-state index contributed by atoms with van der Waals surface area (Å²) in [4.78, 5) is 21.9. The van der Waals surface area contributed by atoms with E-state index in [-0.39, 0.29) is 17.6 Å². The molecule has 1 N–H and O–H groups in total. The van der Waals surface area contributed by atoms with E-state index >= 15 is 0 Å². The average Bonchev–Trinajstić information content (AvgIpc) is 2.28. The summed E-state index contributed by atoms with van der Waals surface area (Å²) in [7, 11) is 0. The summed E-state index contributed by atoms with van der Waals surface area (Å²) in [6.07, 6.45) is 0. The lowest BCUT2D eigenvalue weighted by Gasteiger charge is -2.10. The molecule has 0 aliphatic heterocycles. The van der Waals surface area contributed by atoms with E-state index in [1.54, 1.807) is 6.92 Å². The number of nitro benzene ring substituents is 1. The van der Waals surface area contributed by atoms with Gasteiger partial charge in [0.25, 0.3) is 11.6 Å². The summed E-state index contributed by atoms with van der Waals surface area (Å²) < 4.78 is 0. The second-order valence-electron chi connectivity index (χ2n) is 3.79. The van der Waals surface area contributed by atoms with Crippen LogP contribution in [0.25, 0.3) is 0 Å². The van der Waals surface area contributed by atoms with Gasteiger partial charge in [-0.3, -0.25) is 14.9 Å². The van der Waals surface area contributed by atoms with Gasteiger partial charge in [-0.25, -0.2) is 0 Å². The predicted molar refractivity (Wildman–Crippen MR) is 68.6 cm³/mol. The number of carbonyl (C=O) groups excluding carboxylic acids is 1. The molecule has 1 rings (SSSR count). The molecule has 0 heterocycles. The Kier molecular flexibility index (Phi) is 4.62. The summed E-state index contributed by atoms with van der Waals surface area (Å²) in [5, 5.41) is 14.0. The third-order valence-corrected chi connectivity index (χ3v) is 3.24. The highest BCUT2D eigenvalue weighted by atomic mass is 79.9. The Hall–Kier alpha value is -1.43. The fourth-order valence-corrected chi connectivity index (χ4v) is 1.51. The van der Waals surface area contributed by atoms with Crippen molar-refractivity contribution in [3.05, 3.63) is 39.4 Å². The maximum atomic E-state index is 11.7. The van der Waals surface area contributed by atoms with Crippen molar-refractivity contribution in [3.8, 4) is 0 Å². The van der Waals surface area contributed by atoms with Gasteiger partial charge in [-0.2, -0.15) is 0 Å². The van der Waals surface area contributed by atoms with Crippen LogP contribution in [0.4, 0.5) is 5.69 Å². The zero-order chi connectivity index (χ0) is 13.0. The van der Waals surface area contributed by atoms with Crippen molar-refractivity contribution >= 4 is 27.5 Å². The van der Waals surface area contributed by atoms with Gasteiger partial charge in [-0.15, -0.1) is 0 Å². The van der Waals surface area contributed by atoms with Crippen molar-refractivity contribution < 1.29 is 9.72 Å². The smallest absolute Gasteiger partial charge is 0.272 e. The molecule has 0 aromatic heterocycles. The summed E-state index contributed by atoms with van der Waals surface area (Å²) in [6, 6.07) is 4.34. The number of aryl methyl sites for hydroxylation is 1. The molecule has 0 saturated heterocycles. The van der Waals surface area contributed by atoms with E-state index < -0.39 is 4.92 Å². The molecule has 1 amide bonds. The summed E-state index contributed by atoms with van der Waals surface area (Å²) in [5.41, 5.74) is 0.935. The first-order valence-electron chi connectivity index (χ1n) is 5.07. The molecule has 1 unspecified atom stereocenters. The molecule has 6 heteroatoms. The van der Waals surface area contributed by atoms with Crippen LogP contribution in [0.5, 0.6) is 0 Å². The van der Waals surface area contributed by atoms with Gasteiger partial charge in [0.2, 0.25) is 0 Å². The van der Waals surface area contributed by atoms with Crippen LogP contribution < -0.4 is 5.32 Å². The molecule has 0 fully saturated rings. The quantitative estimate of drug-likeness (QED) is 0.527. The minimum atomic E-state index is -0.460. The normalized spacial score (nSPS) is 11.9. The first-order chi connectivity index (χ1) is 7.95. The molecule has 0 spiro atoms. The number of hydrogen-bond donors (Lipinski definition) is 1. The lowest BCUT2D eigenvalue weighted by molar-refractivity contribution is -0.385. The van der Waals surface area contributed by atoms with Gasteiger partial charge >= 0.3 is 0 Å². The Labute approximate surface area is 107 Å². The third-order valence-electron chi connectivity index (χ3n) is 2.26. The number of nitro groups is 1. The fraction of sp³-hybridized carbons (Fsp3) is 0.364. The zero-order valence-corrected chi connectivity index (χ0v) is 11.2. The topological polar surface area (TPSA) is 72.2 Å². The second kappa shape index (κ2) is 5.77. The van der Waals surface area contributed by atoms with E-state index in [1.807, 2.05) is 6.92 Å². The molecular weight excluding hydrogens is 288 g/mol. The molecule has 0 saturated carbocycles. The van der Waals surface area contributed by atoms with Crippen molar-refractivity contribution in [2.24, 2.45) is 0 Å². The van der Waals surface area contributed by atoms with Gasteiger partial charge in [0.05, 0.1) is 4.92 Å². The molecule has 92 valence electrons. The van der Waals surface area contributed by atoms with Gasteiger partial charge in [0.1, 0.15) is 0 Å². The van der Waals surface area contributed by atoms with Crippen LogP contribution in [0, 0.1) is 17.0 Å². The summed E-state index contributed by atoms with van der Waals surface area (Å²) in [6.45, 7) is 3.48. The zero-order valence-electron chi connectivity index (χ0n) is 9.57. The fourth-order valence-electron chi connectivity index (χ4n) is 1.35. The monoisotopic (exact) mass is 300 g/mol. The maximum absolute atomic E-state index is 11.7. The largest absolute Gasteiger partial charge is 0.349 e. The highest BCUT2D eigenvalue weighted by Gasteiger charge is 2.14. The summed E-state index contributed by atoms with van der Waals surface area (Å²) in [5.74, 6) is -0.227. The Bertz CT molecular complexity index is 448. The van der Waals surface area contributed by atoms with Gasteiger partial charge in [-0.1, -0.05) is 15.9 Å². The minimum Gasteiger partial charge on any atom is -0.349 e. The number of alkyl halides is 1. The lowest BCUT2D eigenvalue weighted by Crippen LogP contribution is -2.33. The number of carbonyl (C=O) groups is 1. The molecule has 0 aliphatic carbocycles. The number of amides is 1. The van der Waals surface area contributed by atoms with Crippen LogP contribution in [-0.4, -0.2) is 22.2 Å². The Morgan fingerprint density at radius 1 is 1.59 bits per heavy atom. The van der Waals surface area contributed by atoms with Crippen molar-refractivity contribution in [2.45, 2.75) is 19.9 Å². The van der Waals surface area contributed by atoms with Crippen LogP contribution in [-0.2, 0) is 0 Å². The van der Waals surface area contributed by atoms with Crippen molar-refractivity contribution in [1.29, 1.82) is 0 Å². The number of halogens is 1. The standard InChI is InChI=1S/C11H13BrN2O3/c1-7-5-9(3-4-10(7)14(16)17)11(15)13-8(2)6-12/h3-5,8H,6H2,1-2H3,(H,13,15). The van der Waals surface area contributed by atoms with Crippen LogP contribution >= 0.6 is 15.9 Å². The van der Waals surface area contributed by atoms with E-state index in [4.69, 9.17) is 0 Å². The van der Waals surface area contributed by atoms with Gasteiger partial charge in [0.15, 0.2) is 0 Å². The van der Waals surface area contributed by atoms with E-state index in [0.717, 1.165) is 0 Å². The molecule has 17 heavy (non-hydrogen) atoms.